The smallest absolute Gasteiger partial charge is 0.326 e. The second kappa shape index (κ2) is 3.37. The van der Waals surface area contributed by atoms with Gasteiger partial charge in [0.15, 0.2) is 5.69 Å². The summed E-state index contributed by atoms with van der Waals surface area (Å²) < 4.78 is 37.3. The summed E-state index contributed by atoms with van der Waals surface area (Å²) in [6.45, 7) is 1.99. The number of aromatic nitrogens is 2. The lowest BCUT2D eigenvalue weighted by Crippen LogP contribution is -2.22. The lowest BCUT2D eigenvalue weighted by atomic mass is 10.4. The van der Waals surface area contributed by atoms with Crippen molar-refractivity contribution in [2.24, 2.45) is 5.73 Å². The molecule has 1 aromatic heterocycles. The van der Waals surface area contributed by atoms with E-state index in [1.165, 1.54) is 10.9 Å². The third-order valence-corrected chi connectivity index (χ3v) is 1.41. The fraction of sp³-hybridized carbons (Fsp3) is 0.571. The van der Waals surface area contributed by atoms with Gasteiger partial charge in [-0.2, -0.15) is 18.3 Å². The minimum atomic E-state index is -4.37. The van der Waals surface area contributed by atoms with Gasteiger partial charge in [0.1, 0.15) is 0 Å². The Morgan fingerprint density at radius 3 is 2.62 bits per heavy atom. The number of nitrogens with two attached hydrogens (primary N) is 1. The van der Waals surface area contributed by atoms with Crippen molar-refractivity contribution in [3.05, 3.63) is 18.0 Å². The second-order valence-electron chi connectivity index (χ2n) is 2.90. The molecule has 13 heavy (non-hydrogen) atoms. The number of halogens is 3. The molecule has 0 fully saturated rings. The molecule has 0 aliphatic carbocycles. The lowest BCUT2D eigenvalue weighted by Gasteiger charge is -2.05. The SMILES string of the molecule is C[C@@H](N)Cn1ccc(C(F)(F)F)n1. The Labute approximate surface area is 73.3 Å². The van der Waals surface area contributed by atoms with Gasteiger partial charge in [-0.05, 0) is 13.0 Å². The van der Waals surface area contributed by atoms with Crippen LogP contribution in [-0.2, 0) is 12.7 Å². The molecule has 0 spiro atoms. The van der Waals surface area contributed by atoms with E-state index in [2.05, 4.69) is 5.10 Å². The summed E-state index contributed by atoms with van der Waals surface area (Å²) in [5.41, 5.74) is 4.52. The highest BCUT2D eigenvalue weighted by Gasteiger charge is 2.33. The van der Waals surface area contributed by atoms with Gasteiger partial charge in [0.05, 0.1) is 6.54 Å². The minimum Gasteiger partial charge on any atom is -0.326 e. The van der Waals surface area contributed by atoms with E-state index in [1.54, 1.807) is 6.92 Å². The zero-order valence-electron chi connectivity index (χ0n) is 7.04. The monoisotopic (exact) mass is 193 g/mol. The number of hydrogen-bond donors (Lipinski definition) is 1. The van der Waals surface area contributed by atoms with Crippen LogP contribution in [0, 0.1) is 0 Å². The van der Waals surface area contributed by atoms with Crippen LogP contribution in [0.1, 0.15) is 12.6 Å². The van der Waals surface area contributed by atoms with Crippen molar-refractivity contribution in [2.45, 2.75) is 25.7 Å². The van der Waals surface area contributed by atoms with Crippen LogP contribution in [0.4, 0.5) is 13.2 Å². The standard InChI is InChI=1S/C7H10F3N3/c1-5(11)4-13-3-2-6(12-13)7(8,9)10/h2-3,5H,4,11H2,1H3/t5-/m1/s1. The van der Waals surface area contributed by atoms with Gasteiger partial charge < -0.3 is 5.73 Å². The molecule has 1 aromatic rings. The molecule has 74 valence electrons. The molecule has 0 saturated carbocycles. The van der Waals surface area contributed by atoms with Gasteiger partial charge in [-0.3, -0.25) is 4.68 Å². The molecule has 3 nitrogen and oxygen atoms in total. The van der Waals surface area contributed by atoms with Crippen LogP contribution in [0.15, 0.2) is 12.3 Å². The second-order valence-corrected chi connectivity index (χ2v) is 2.90. The third kappa shape index (κ3) is 2.73. The van der Waals surface area contributed by atoms with E-state index in [1.807, 2.05) is 0 Å². The molecule has 1 atom stereocenters. The number of nitrogens with zero attached hydrogens (tertiary/aromatic N) is 2. The molecule has 0 amide bonds. The first kappa shape index (κ1) is 10.0. The van der Waals surface area contributed by atoms with Crippen molar-refractivity contribution in [3.8, 4) is 0 Å². The van der Waals surface area contributed by atoms with Crippen molar-refractivity contribution < 1.29 is 13.2 Å². The van der Waals surface area contributed by atoms with Crippen LogP contribution in [0.2, 0.25) is 0 Å². The molecule has 0 unspecified atom stereocenters. The quantitative estimate of drug-likeness (QED) is 0.768. The molecule has 0 aliphatic heterocycles. The summed E-state index contributed by atoms with van der Waals surface area (Å²) in [6.07, 6.45) is -3.10. The van der Waals surface area contributed by atoms with Crippen LogP contribution in [-0.4, -0.2) is 15.8 Å². The molecular weight excluding hydrogens is 183 g/mol. The van der Waals surface area contributed by atoms with E-state index < -0.39 is 11.9 Å². The molecule has 0 saturated heterocycles. The molecule has 1 heterocycles. The molecule has 0 aromatic carbocycles. The van der Waals surface area contributed by atoms with Crippen molar-refractivity contribution >= 4 is 0 Å². The Bertz CT molecular complexity index is 277. The van der Waals surface area contributed by atoms with Crippen LogP contribution < -0.4 is 5.73 Å². The highest BCUT2D eigenvalue weighted by molar-refractivity contribution is 5.03. The van der Waals surface area contributed by atoms with Crippen LogP contribution >= 0.6 is 0 Å². The van der Waals surface area contributed by atoms with Crippen molar-refractivity contribution in [1.29, 1.82) is 0 Å². The predicted octanol–water partition coefficient (Wildman–Crippen LogP) is 1.25. The fourth-order valence-electron chi connectivity index (χ4n) is 0.910. The Morgan fingerprint density at radius 1 is 1.62 bits per heavy atom. The normalized spacial score (nSPS) is 14.5. The highest BCUT2D eigenvalue weighted by atomic mass is 19.4. The zero-order valence-corrected chi connectivity index (χ0v) is 7.04. The molecule has 0 aliphatic rings. The fourth-order valence-corrected chi connectivity index (χ4v) is 0.910. The van der Waals surface area contributed by atoms with Gasteiger partial charge in [0, 0.05) is 12.2 Å². The summed E-state index contributed by atoms with van der Waals surface area (Å²) in [7, 11) is 0. The summed E-state index contributed by atoms with van der Waals surface area (Å²) >= 11 is 0. The highest BCUT2D eigenvalue weighted by Crippen LogP contribution is 2.27. The first-order chi connectivity index (χ1) is 5.89. The number of rotatable bonds is 2. The average molecular weight is 193 g/mol. The molecule has 2 N–H and O–H groups in total. The maximum atomic E-state index is 12.0. The third-order valence-electron chi connectivity index (χ3n) is 1.41. The van der Waals surface area contributed by atoms with E-state index in [9.17, 15) is 13.2 Å². The summed E-state index contributed by atoms with van der Waals surface area (Å²) in [5, 5.41) is 3.33. The maximum absolute atomic E-state index is 12.0. The van der Waals surface area contributed by atoms with Crippen LogP contribution in [0.5, 0.6) is 0 Å². The Morgan fingerprint density at radius 2 is 2.23 bits per heavy atom. The number of hydrogen-bond acceptors (Lipinski definition) is 2. The van der Waals surface area contributed by atoms with Crippen molar-refractivity contribution in [1.82, 2.24) is 9.78 Å². The topological polar surface area (TPSA) is 43.8 Å². The van der Waals surface area contributed by atoms with E-state index in [4.69, 9.17) is 5.73 Å². The van der Waals surface area contributed by atoms with Crippen molar-refractivity contribution in [3.63, 3.8) is 0 Å². The molecule has 1 rings (SSSR count). The summed E-state index contributed by atoms with van der Waals surface area (Å²) in [6, 6.07) is 0.725. The Hall–Kier alpha value is -1.04. The van der Waals surface area contributed by atoms with Gasteiger partial charge in [-0.1, -0.05) is 0 Å². The van der Waals surface area contributed by atoms with Crippen LogP contribution in [0.25, 0.3) is 0 Å². The van der Waals surface area contributed by atoms with E-state index in [0.29, 0.717) is 0 Å². The Balaban J connectivity index is 2.75. The summed E-state index contributed by atoms with van der Waals surface area (Å²) in [5.74, 6) is 0. The van der Waals surface area contributed by atoms with Gasteiger partial charge in [-0.15, -0.1) is 0 Å². The zero-order chi connectivity index (χ0) is 10.1. The van der Waals surface area contributed by atoms with E-state index in [0.717, 1.165) is 6.07 Å². The number of alkyl halides is 3. The van der Waals surface area contributed by atoms with Gasteiger partial charge >= 0.3 is 6.18 Å². The van der Waals surface area contributed by atoms with Gasteiger partial charge in [-0.25, -0.2) is 0 Å². The maximum Gasteiger partial charge on any atom is 0.435 e. The van der Waals surface area contributed by atoms with Crippen molar-refractivity contribution in [2.75, 3.05) is 0 Å². The lowest BCUT2D eigenvalue weighted by molar-refractivity contribution is -0.141. The van der Waals surface area contributed by atoms with E-state index in [-0.39, 0.29) is 12.6 Å². The van der Waals surface area contributed by atoms with Gasteiger partial charge in [0.2, 0.25) is 0 Å². The first-order valence-corrected chi connectivity index (χ1v) is 3.76. The largest absolute Gasteiger partial charge is 0.435 e. The summed E-state index contributed by atoms with van der Waals surface area (Å²) in [4.78, 5) is 0. The molecular formula is C7H10F3N3. The van der Waals surface area contributed by atoms with Crippen LogP contribution in [0.3, 0.4) is 0 Å². The molecule has 0 bridgehead atoms. The average Bonchev–Trinajstić information content (AvgIpc) is 2.32. The van der Waals surface area contributed by atoms with Gasteiger partial charge in [0.25, 0.3) is 0 Å². The minimum absolute atomic E-state index is 0.207. The Kier molecular flexibility index (Phi) is 2.60. The predicted molar refractivity (Wildman–Crippen MR) is 40.9 cm³/mol. The van der Waals surface area contributed by atoms with E-state index >= 15 is 0 Å². The molecule has 0 radical (unpaired) electrons. The first-order valence-electron chi connectivity index (χ1n) is 3.76. The molecule has 6 heteroatoms.